The normalized spacial score (nSPS) is 11.1. The summed E-state index contributed by atoms with van der Waals surface area (Å²) in [6, 6.07) is 15.6. The summed E-state index contributed by atoms with van der Waals surface area (Å²) < 4.78 is 26.7. The highest BCUT2D eigenvalue weighted by molar-refractivity contribution is 6.07. The standard InChI is InChI=1S/C22H14F2N4O/c23-16-6-5-15(19(24)11-16)13-26-28-22(29)18-12-21(14-7-9-25-10-8-14)27-20-4-2-1-3-17(18)20/h1-13H,(H,28,29)/b26-13+. The number of halogens is 2. The molecule has 0 bridgehead atoms. The fourth-order valence-corrected chi connectivity index (χ4v) is 2.86. The largest absolute Gasteiger partial charge is 0.272 e. The minimum Gasteiger partial charge on any atom is -0.267 e. The Hall–Kier alpha value is -4.00. The molecule has 0 fully saturated rings. The number of pyridine rings is 2. The number of aromatic nitrogens is 2. The van der Waals surface area contributed by atoms with E-state index >= 15 is 0 Å². The molecule has 0 aliphatic rings. The highest BCUT2D eigenvalue weighted by Gasteiger charge is 2.13. The third-order valence-corrected chi connectivity index (χ3v) is 4.27. The molecule has 0 aliphatic carbocycles. The minimum atomic E-state index is -0.766. The van der Waals surface area contributed by atoms with Gasteiger partial charge in [0.1, 0.15) is 11.6 Å². The predicted octanol–water partition coefficient (Wildman–Crippen LogP) is 4.34. The quantitative estimate of drug-likeness (QED) is 0.418. The lowest BCUT2D eigenvalue weighted by Gasteiger charge is -2.09. The van der Waals surface area contributed by atoms with E-state index in [0.717, 1.165) is 23.9 Å². The zero-order chi connectivity index (χ0) is 20.2. The van der Waals surface area contributed by atoms with Crippen molar-refractivity contribution >= 4 is 23.0 Å². The highest BCUT2D eigenvalue weighted by atomic mass is 19.1. The van der Waals surface area contributed by atoms with Crippen molar-refractivity contribution in [2.24, 2.45) is 5.10 Å². The van der Waals surface area contributed by atoms with Gasteiger partial charge in [-0.25, -0.2) is 19.2 Å². The maximum atomic E-state index is 13.7. The second-order valence-electron chi connectivity index (χ2n) is 6.17. The van der Waals surface area contributed by atoms with Gasteiger partial charge in [-0.05, 0) is 36.4 Å². The highest BCUT2D eigenvalue weighted by Crippen LogP contribution is 2.24. The molecule has 4 aromatic rings. The molecule has 0 aliphatic heterocycles. The summed E-state index contributed by atoms with van der Waals surface area (Å²) in [7, 11) is 0. The average Bonchev–Trinajstić information content (AvgIpc) is 2.75. The lowest BCUT2D eigenvalue weighted by atomic mass is 10.0. The van der Waals surface area contributed by atoms with E-state index in [-0.39, 0.29) is 5.56 Å². The number of para-hydroxylation sites is 1. The Kier molecular flexibility index (Phi) is 5.03. The van der Waals surface area contributed by atoms with Gasteiger partial charge in [-0.15, -0.1) is 0 Å². The molecule has 29 heavy (non-hydrogen) atoms. The van der Waals surface area contributed by atoms with Gasteiger partial charge in [0.25, 0.3) is 5.91 Å². The van der Waals surface area contributed by atoms with Crippen molar-refractivity contribution in [3.05, 3.63) is 95.8 Å². The molecule has 1 N–H and O–H groups in total. The van der Waals surface area contributed by atoms with Crippen molar-refractivity contribution in [1.82, 2.24) is 15.4 Å². The number of carbonyl (C=O) groups excluding carboxylic acids is 1. The molecule has 0 saturated heterocycles. The molecule has 2 aromatic heterocycles. The first-order chi connectivity index (χ1) is 14.1. The first-order valence-electron chi connectivity index (χ1n) is 8.70. The number of hydrazone groups is 1. The molecule has 2 aromatic carbocycles. The summed E-state index contributed by atoms with van der Waals surface area (Å²) >= 11 is 0. The average molecular weight is 388 g/mol. The van der Waals surface area contributed by atoms with Crippen molar-refractivity contribution in [1.29, 1.82) is 0 Å². The maximum Gasteiger partial charge on any atom is 0.272 e. The van der Waals surface area contributed by atoms with Crippen LogP contribution in [0.5, 0.6) is 0 Å². The fourth-order valence-electron chi connectivity index (χ4n) is 2.86. The van der Waals surface area contributed by atoms with Crippen LogP contribution in [0.1, 0.15) is 15.9 Å². The number of nitrogens with one attached hydrogen (secondary N) is 1. The molecule has 1 amide bonds. The first kappa shape index (κ1) is 18.4. The fraction of sp³-hybridized carbons (Fsp3) is 0. The third kappa shape index (κ3) is 3.98. The third-order valence-electron chi connectivity index (χ3n) is 4.27. The van der Waals surface area contributed by atoms with Crippen LogP contribution >= 0.6 is 0 Å². The van der Waals surface area contributed by atoms with E-state index in [1.165, 1.54) is 6.07 Å². The molecule has 7 heteroatoms. The Morgan fingerprint density at radius 1 is 1.00 bits per heavy atom. The molecule has 142 valence electrons. The minimum absolute atomic E-state index is 0.0590. The summed E-state index contributed by atoms with van der Waals surface area (Å²) in [5, 5.41) is 4.46. The maximum absolute atomic E-state index is 13.7. The number of hydrogen-bond donors (Lipinski definition) is 1. The summed E-state index contributed by atoms with van der Waals surface area (Å²) in [6.45, 7) is 0. The van der Waals surface area contributed by atoms with Crippen molar-refractivity contribution in [2.45, 2.75) is 0 Å². The number of fused-ring (bicyclic) bond motifs is 1. The molecular formula is C22H14F2N4O. The number of rotatable bonds is 4. The first-order valence-corrected chi connectivity index (χ1v) is 8.70. The van der Waals surface area contributed by atoms with Gasteiger partial charge in [0, 0.05) is 35.0 Å². The molecule has 0 saturated carbocycles. The molecule has 5 nitrogen and oxygen atoms in total. The molecule has 2 heterocycles. The number of benzene rings is 2. The van der Waals surface area contributed by atoms with E-state index in [2.05, 4.69) is 20.5 Å². The van der Waals surface area contributed by atoms with Gasteiger partial charge in [-0.2, -0.15) is 5.10 Å². The molecule has 4 rings (SSSR count). The van der Waals surface area contributed by atoms with E-state index < -0.39 is 17.5 Å². The smallest absolute Gasteiger partial charge is 0.267 e. The van der Waals surface area contributed by atoms with Crippen LogP contribution in [0.15, 0.2) is 78.2 Å². The van der Waals surface area contributed by atoms with Gasteiger partial charge < -0.3 is 0 Å². The Morgan fingerprint density at radius 3 is 2.59 bits per heavy atom. The van der Waals surface area contributed by atoms with Crippen molar-refractivity contribution in [2.75, 3.05) is 0 Å². The van der Waals surface area contributed by atoms with Crippen LogP contribution in [0.3, 0.4) is 0 Å². The van der Waals surface area contributed by atoms with E-state index in [9.17, 15) is 13.6 Å². The Labute approximate surface area is 164 Å². The van der Waals surface area contributed by atoms with Crippen LogP contribution in [-0.2, 0) is 0 Å². The van der Waals surface area contributed by atoms with E-state index in [1.807, 2.05) is 18.2 Å². The van der Waals surface area contributed by atoms with Gasteiger partial charge in [-0.3, -0.25) is 9.78 Å². The van der Waals surface area contributed by atoms with E-state index in [0.29, 0.717) is 22.2 Å². The van der Waals surface area contributed by atoms with E-state index in [4.69, 9.17) is 0 Å². The summed E-state index contributed by atoms with van der Waals surface area (Å²) in [5.74, 6) is -1.93. The van der Waals surface area contributed by atoms with Crippen molar-refractivity contribution in [3.8, 4) is 11.3 Å². The van der Waals surface area contributed by atoms with Gasteiger partial charge in [0.05, 0.1) is 23.0 Å². The number of nitrogens with zero attached hydrogens (tertiary/aromatic N) is 3. The van der Waals surface area contributed by atoms with E-state index in [1.54, 1.807) is 36.7 Å². The summed E-state index contributed by atoms with van der Waals surface area (Å²) in [5.41, 5.74) is 4.91. The van der Waals surface area contributed by atoms with Crippen LogP contribution in [0.4, 0.5) is 8.78 Å². The molecule has 0 radical (unpaired) electrons. The van der Waals surface area contributed by atoms with Gasteiger partial charge in [0.2, 0.25) is 0 Å². The summed E-state index contributed by atoms with van der Waals surface area (Å²) in [6.07, 6.45) is 4.42. The van der Waals surface area contributed by atoms with Crippen LogP contribution in [0.2, 0.25) is 0 Å². The van der Waals surface area contributed by atoms with Gasteiger partial charge in [-0.1, -0.05) is 18.2 Å². The monoisotopic (exact) mass is 388 g/mol. The number of hydrogen-bond acceptors (Lipinski definition) is 4. The lowest BCUT2D eigenvalue weighted by molar-refractivity contribution is 0.0956. The lowest BCUT2D eigenvalue weighted by Crippen LogP contribution is -2.18. The van der Waals surface area contributed by atoms with Crippen LogP contribution in [0, 0.1) is 11.6 Å². The number of carbonyl (C=O) groups is 1. The van der Waals surface area contributed by atoms with Gasteiger partial charge >= 0.3 is 0 Å². The second kappa shape index (κ2) is 7.93. The van der Waals surface area contributed by atoms with Gasteiger partial charge in [0.15, 0.2) is 0 Å². The number of amides is 1. The van der Waals surface area contributed by atoms with Crippen molar-refractivity contribution in [3.63, 3.8) is 0 Å². The van der Waals surface area contributed by atoms with Crippen molar-refractivity contribution < 1.29 is 13.6 Å². The van der Waals surface area contributed by atoms with Crippen LogP contribution in [0.25, 0.3) is 22.2 Å². The van der Waals surface area contributed by atoms with Crippen LogP contribution < -0.4 is 5.43 Å². The Morgan fingerprint density at radius 2 is 1.79 bits per heavy atom. The molecule has 0 spiro atoms. The second-order valence-corrected chi connectivity index (χ2v) is 6.17. The van der Waals surface area contributed by atoms with Crippen LogP contribution in [-0.4, -0.2) is 22.1 Å². The summed E-state index contributed by atoms with van der Waals surface area (Å²) in [4.78, 5) is 21.3. The zero-order valence-corrected chi connectivity index (χ0v) is 15.0. The molecule has 0 atom stereocenters. The predicted molar refractivity (Wildman–Crippen MR) is 106 cm³/mol. The Bertz CT molecular complexity index is 1230. The Balaban J connectivity index is 1.67. The zero-order valence-electron chi connectivity index (χ0n) is 15.0. The molecule has 0 unspecified atom stereocenters. The SMILES string of the molecule is O=C(N/N=C/c1ccc(F)cc1F)c1cc(-c2ccncc2)nc2ccccc12. The molecular weight excluding hydrogens is 374 g/mol. The topological polar surface area (TPSA) is 67.2 Å².